The molecule has 1 aromatic heterocycles. The molecule has 6 nitrogen and oxygen atoms in total. The zero-order valence-electron chi connectivity index (χ0n) is 15.1. The van der Waals surface area contributed by atoms with E-state index in [-0.39, 0.29) is 25.3 Å². The summed E-state index contributed by atoms with van der Waals surface area (Å²) in [6, 6.07) is 6.48. The fraction of sp³-hybridized carbons (Fsp3) is 0.474. The Balaban J connectivity index is 1.50. The van der Waals surface area contributed by atoms with Crippen LogP contribution in [0.1, 0.15) is 36.9 Å². The van der Waals surface area contributed by atoms with Gasteiger partial charge in [0.25, 0.3) is 0 Å². The zero-order valence-corrected chi connectivity index (χ0v) is 15.1. The highest BCUT2D eigenvalue weighted by molar-refractivity contribution is 5.76. The molecule has 150 valence electrons. The largest absolute Gasteiger partial charge is 0.454 e. The van der Waals surface area contributed by atoms with Crippen molar-refractivity contribution < 1.29 is 27.4 Å². The first kappa shape index (κ1) is 18.6. The molecular weight excluding hydrogens is 375 g/mol. The van der Waals surface area contributed by atoms with Gasteiger partial charge in [-0.25, -0.2) is 0 Å². The molecule has 0 atom stereocenters. The third-order valence-electron chi connectivity index (χ3n) is 5.10. The maximum atomic E-state index is 12.9. The number of benzene rings is 1. The van der Waals surface area contributed by atoms with Gasteiger partial charge in [-0.2, -0.15) is 18.3 Å². The first-order chi connectivity index (χ1) is 13.4. The van der Waals surface area contributed by atoms with Crippen LogP contribution in [0, 0.1) is 0 Å². The fourth-order valence-corrected chi connectivity index (χ4v) is 3.70. The van der Waals surface area contributed by atoms with E-state index in [1.807, 2.05) is 12.1 Å². The second kappa shape index (κ2) is 7.37. The maximum Gasteiger partial charge on any atom is 0.435 e. The molecule has 1 aliphatic heterocycles. The fourth-order valence-electron chi connectivity index (χ4n) is 3.70. The van der Waals surface area contributed by atoms with E-state index < -0.39 is 11.9 Å². The van der Waals surface area contributed by atoms with Crippen molar-refractivity contribution in [3.8, 4) is 11.5 Å². The van der Waals surface area contributed by atoms with Crippen LogP contribution in [0.3, 0.4) is 0 Å². The minimum absolute atomic E-state index is 0.0792. The zero-order chi connectivity index (χ0) is 19.7. The molecule has 1 amide bonds. The van der Waals surface area contributed by atoms with Crippen molar-refractivity contribution in [3.63, 3.8) is 0 Å². The summed E-state index contributed by atoms with van der Waals surface area (Å²) in [5, 5.41) is 3.49. The molecule has 0 radical (unpaired) electrons. The summed E-state index contributed by atoms with van der Waals surface area (Å²) in [6.07, 6.45) is 0.525. The lowest BCUT2D eigenvalue weighted by Crippen LogP contribution is -2.40. The van der Waals surface area contributed by atoms with Gasteiger partial charge >= 0.3 is 6.18 Å². The van der Waals surface area contributed by atoms with Crippen LogP contribution < -0.4 is 9.47 Å². The number of aromatic nitrogens is 2. The topological polar surface area (TPSA) is 56.6 Å². The van der Waals surface area contributed by atoms with E-state index >= 15 is 0 Å². The summed E-state index contributed by atoms with van der Waals surface area (Å²) in [7, 11) is 0. The van der Waals surface area contributed by atoms with Gasteiger partial charge in [0.05, 0.1) is 0 Å². The molecule has 28 heavy (non-hydrogen) atoms. The summed E-state index contributed by atoms with van der Waals surface area (Å²) in [4.78, 5) is 14.7. The first-order valence-electron chi connectivity index (χ1n) is 9.19. The minimum atomic E-state index is -4.52. The van der Waals surface area contributed by atoms with Crippen molar-refractivity contribution in [1.29, 1.82) is 0 Å². The van der Waals surface area contributed by atoms with Crippen molar-refractivity contribution in [2.75, 3.05) is 6.79 Å². The molecule has 1 aromatic carbocycles. The Hall–Kier alpha value is -2.71. The van der Waals surface area contributed by atoms with Gasteiger partial charge in [0.1, 0.15) is 6.54 Å². The lowest BCUT2D eigenvalue weighted by Gasteiger charge is -2.29. The van der Waals surface area contributed by atoms with Crippen molar-refractivity contribution in [2.24, 2.45) is 0 Å². The highest BCUT2D eigenvalue weighted by atomic mass is 19.4. The quantitative estimate of drug-likeness (QED) is 0.776. The van der Waals surface area contributed by atoms with E-state index in [9.17, 15) is 18.0 Å². The van der Waals surface area contributed by atoms with E-state index in [4.69, 9.17) is 9.47 Å². The summed E-state index contributed by atoms with van der Waals surface area (Å²) >= 11 is 0. The maximum absolute atomic E-state index is 12.9. The first-order valence-corrected chi connectivity index (χ1v) is 9.19. The highest BCUT2D eigenvalue weighted by Gasteiger charge is 2.34. The number of hydrogen-bond acceptors (Lipinski definition) is 4. The molecule has 9 heteroatoms. The minimum Gasteiger partial charge on any atom is -0.454 e. The van der Waals surface area contributed by atoms with Crippen LogP contribution in [0.4, 0.5) is 13.2 Å². The Morgan fingerprint density at radius 1 is 1.18 bits per heavy atom. The van der Waals surface area contributed by atoms with Crippen LogP contribution in [0.2, 0.25) is 0 Å². The standard InChI is InChI=1S/C19H20F3N3O3/c20-19(21,22)17-7-8-24(23-17)11-18(26)25(14-3-1-2-4-14)10-13-5-6-15-16(9-13)28-12-27-15/h5-9,14H,1-4,10-12H2. The summed E-state index contributed by atoms with van der Waals surface area (Å²) in [5.74, 6) is 1.05. The number of carbonyl (C=O) groups excluding carboxylic acids is 1. The van der Waals surface area contributed by atoms with Crippen LogP contribution >= 0.6 is 0 Å². The number of hydrogen-bond donors (Lipinski definition) is 0. The molecular formula is C19H20F3N3O3. The van der Waals surface area contributed by atoms with Crippen molar-refractivity contribution in [1.82, 2.24) is 14.7 Å². The number of amides is 1. The Morgan fingerprint density at radius 2 is 1.93 bits per heavy atom. The Bertz CT molecular complexity index is 860. The summed E-state index contributed by atoms with van der Waals surface area (Å²) in [6.45, 7) is 0.315. The molecule has 1 fully saturated rings. The summed E-state index contributed by atoms with van der Waals surface area (Å²) in [5.41, 5.74) is -0.107. The predicted molar refractivity (Wildman–Crippen MR) is 92.6 cm³/mol. The monoisotopic (exact) mass is 395 g/mol. The molecule has 0 unspecified atom stereocenters. The van der Waals surface area contributed by atoms with Gasteiger partial charge in [0.2, 0.25) is 12.7 Å². The Morgan fingerprint density at radius 3 is 2.64 bits per heavy atom. The normalized spacial score (nSPS) is 16.5. The molecule has 2 heterocycles. The van der Waals surface area contributed by atoms with Gasteiger partial charge < -0.3 is 14.4 Å². The van der Waals surface area contributed by atoms with Crippen LogP contribution in [-0.4, -0.2) is 33.4 Å². The average Bonchev–Trinajstić information content (AvgIpc) is 3.39. The Kier molecular flexibility index (Phi) is 4.91. The predicted octanol–water partition coefficient (Wildman–Crippen LogP) is 3.60. The van der Waals surface area contributed by atoms with Crippen molar-refractivity contribution >= 4 is 5.91 Å². The number of carbonyl (C=O) groups is 1. The number of ether oxygens (including phenoxy) is 2. The highest BCUT2D eigenvalue weighted by Crippen LogP contribution is 2.34. The van der Waals surface area contributed by atoms with Crippen LogP contribution in [-0.2, 0) is 24.1 Å². The lowest BCUT2D eigenvalue weighted by atomic mass is 10.1. The van der Waals surface area contributed by atoms with Gasteiger partial charge in [-0.15, -0.1) is 0 Å². The van der Waals surface area contributed by atoms with Gasteiger partial charge in [0.15, 0.2) is 17.2 Å². The number of halogens is 3. The smallest absolute Gasteiger partial charge is 0.435 e. The molecule has 4 rings (SSSR count). The number of fused-ring (bicyclic) bond motifs is 1. The number of nitrogens with zero attached hydrogens (tertiary/aromatic N) is 3. The van der Waals surface area contributed by atoms with Gasteiger partial charge in [-0.1, -0.05) is 18.9 Å². The van der Waals surface area contributed by atoms with E-state index in [2.05, 4.69) is 5.10 Å². The number of alkyl halides is 3. The van der Waals surface area contributed by atoms with Crippen molar-refractivity contribution in [3.05, 3.63) is 41.7 Å². The third-order valence-corrected chi connectivity index (χ3v) is 5.10. The van der Waals surface area contributed by atoms with E-state index in [0.717, 1.165) is 42.0 Å². The molecule has 2 aliphatic rings. The molecule has 0 bridgehead atoms. The Labute approximate surface area is 159 Å². The second-order valence-corrected chi connectivity index (χ2v) is 7.04. The molecule has 0 saturated heterocycles. The third kappa shape index (κ3) is 3.93. The second-order valence-electron chi connectivity index (χ2n) is 7.04. The molecule has 0 N–H and O–H groups in total. The number of rotatable bonds is 5. The lowest BCUT2D eigenvalue weighted by molar-refractivity contribution is -0.142. The van der Waals surface area contributed by atoms with Crippen LogP contribution in [0.25, 0.3) is 0 Å². The van der Waals surface area contributed by atoms with Gasteiger partial charge in [0, 0.05) is 18.8 Å². The molecule has 1 aliphatic carbocycles. The van der Waals surface area contributed by atoms with Crippen LogP contribution in [0.5, 0.6) is 11.5 Å². The van der Waals surface area contributed by atoms with E-state index in [0.29, 0.717) is 18.0 Å². The van der Waals surface area contributed by atoms with Crippen molar-refractivity contribution in [2.45, 2.75) is 51.0 Å². The molecule has 2 aromatic rings. The van der Waals surface area contributed by atoms with E-state index in [1.165, 1.54) is 6.20 Å². The van der Waals surface area contributed by atoms with Gasteiger partial charge in [-0.05, 0) is 36.6 Å². The average molecular weight is 395 g/mol. The van der Waals surface area contributed by atoms with Crippen LogP contribution in [0.15, 0.2) is 30.5 Å². The summed E-state index contributed by atoms with van der Waals surface area (Å²) < 4.78 is 50.0. The molecule has 1 saturated carbocycles. The van der Waals surface area contributed by atoms with E-state index in [1.54, 1.807) is 11.0 Å². The SMILES string of the molecule is O=C(Cn1ccc(C(F)(F)F)n1)N(Cc1ccc2c(c1)OCO2)C1CCCC1. The van der Waals surface area contributed by atoms with Gasteiger partial charge in [-0.3, -0.25) is 9.48 Å². The molecule has 0 spiro atoms.